The first-order valence-electron chi connectivity index (χ1n) is 8.33. The molecular weight excluding hydrogens is 433 g/mol. The number of aryl methyl sites for hydroxylation is 1. The van der Waals surface area contributed by atoms with E-state index >= 15 is 0 Å². The van der Waals surface area contributed by atoms with E-state index in [0.717, 1.165) is 16.7 Å². The van der Waals surface area contributed by atoms with Gasteiger partial charge in [0.05, 0.1) is 0 Å². The average molecular weight is 449 g/mol. The van der Waals surface area contributed by atoms with Crippen molar-refractivity contribution >= 4 is 22.6 Å². The molecule has 0 bridgehead atoms. The van der Waals surface area contributed by atoms with Crippen LogP contribution in [0.4, 0.5) is 0 Å². The van der Waals surface area contributed by atoms with Gasteiger partial charge in [-0.05, 0) is 53.3 Å². The van der Waals surface area contributed by atoms with Gasteiger partial charge in [0.1, 0.15) is 0 Å². The van der Waals surface area contributed by atoms with Crippen molar-refractivity contribution in [2.75, 3.05) is 0 Å². The summed E-state index contributed by atoms with van der Waals surface area (Å²) in [5.41, 5.74) is 4.16. The molecule has 0 aliphatic carbocycles. The molecule has 0 aliphatic rings. The van der Waals surface area contributed by atoms with Crippen LogP contribution in [0.5, 0.6) is 0 Å². The Kier molecular flexibility index (Phi) is 4.75. The zero-order valence-corrected chi connectivity index (χ0v) is 16.4. The highest BCUT2D eigenvalue weighted by molar-refractivity contribution is 14.1. The lowest BCUT2D eigenvalue weighted by molar-refractivity contribution is 1.07. The molecule has 1 heterocycles. The maximum atomic E-state index is 4.76. The van der Waals surface area contributed by atoms with E-state index in [9.17, 15) is 0 Å². The summed E-state index contributed by atoms with van der Waals surface area (Å²) >= 11 is 2.33. The normalized spacial score (nSPS) is 10.7. The van der Waals surface area contributed by atoms with Crippen molar-refractivity contribution < 1.29 is 0 Å². The fraction of sp³-hybridized carbons (Fsp3) is 0.0455. The van der Waals surface area contributed by atoms with E-state index < -0.39 is 0 Å². The van der Waals surface area contributed by atoms with Crippen LogP contribution in [0.1, 0.15) is 5.56 Å². The van der Waals surface area contributed by atoms with Gasteiger partial charge in [0.15, 0.2) is 17.5 Å². The summed E-state index contributed by atoms with van der Waals surface area (Å²) in [4.78, 5) is 14.2. The second-order valence-electron chi connectivity index (χ2n) is 6.06. The molecule has 0 radical (unpaired) electrons. The van der Waals surface area contributed by atoms with Gasteiger partial charge in [0.25, 0.3) is 0 Å². The van der Waals surface area contributed by atoms with Crippen molar-refractivity contribution in [2.45, 2.75) is 6.92 Å². The Morgan fingerprint density at radius 1 is 0.577 bits per heavy atom. The van der Waals surface area contributed by atoms with E-state index in [1.807, 2.05) is 60.7 Å². The van der Waals surface area contributed by atoms with Gasteiger partial charge >= 0.3 is 0 Å². The predicted molar refractivity (Wildman–Crippen MR) is 114 cm³/mol. The lowest BCUT2D eigenvalue weighted by Crippen LogP contribution is -2.00. The van der Waals surface area contributed by atoms with Crippen LogP contribution in [0.3, 0.4) is 0 Å². The Labute approximate surface area is 166 Å². The van der Waals surface area contributed by atoms with E-state index in [0.29, 0.717) is 17.5 Å². The van der Waals surface area contributed by atoms with E-state index in [1.54, 1.807) is 0 Å². The van der Waals surface area contributed by atoms with Gasteiger partial charge in [0.2, 0.25) is 0 Å². The zero-order valence-electron chi connectivity index (χ0n) is 14.2. The van der Waals surface area contributed by atoms with Crippen LogP contribution in [-0.2, 0) is 0 Å². The van der Waals surface area contributed by atoms with Gasteiger partial charge in [-0.15, -0.1) is 0 Å². The predicted octanol–water partition coefficient (Wildman–Crippen LogP) is 5.79. The molecule has 3 nitrogen and oxygen atoms in total. The fourth-order valence-electron chi connectivity index (χ4n) is 2.80. The van der Waals surface area contributed by atoms with Gasteiger partial charge in [-0.1, -0.05) is 60.7 Å². The van der Waals surface area contributed by atoms with Crippen LogP contribution in [-0.4, -0.2) is 15.0 Å². The van der Waals surface area contributed by atoms with Crippen molar-refractivity contribution in [2.24, 2.45) is 0 Å². The van der Waals surface area contributed by atoms with Crippen LogP contribution < -0.4 is 0 Å². The van der Waals surface area contributed by atoms with Gasteiger partial charge in [0, 0.05) is 20.3 Å². The minimum atomic E-state index is 0.686. The maximum Gasteiger partial charge on any atom is 0.164 e. The van der Waals surface area contributed by atoms with Crippen molar-refractivity contribution in [1.29, 1.82) is 0 Å². The Morgan fingerprint density at radius 2 is 1.04 bits per heavy atom. The molecule has 0 N–H and O–H groups in total. The zero-order chi connectivity index (χ0) is 17.9. The van der Waals surface area contributed by atoms with Gasteiger partial charge in [-0.2, -0.15) is 0 Å². The van der Waals surface area contributed by atoms with Crippen LogP contribution in [0.15, 0.2) is 78.9 Å². The molecule has 1 aromatic heterocycles. The number of hydrogen-bond acceptors (Lipinski definition) is 3. The molecule has 4 rings (SSSR count). The molecule has 0 saturated heterocycles. The van der Waals surface area contributed by atoms with Gasteiger partial charge in [-0.25, -0.2) is 15.0 Å². The summed E-state index contributed by atoms with van der Waals surface area (Å²) in [6.45, 7) is 2.09. The minimum absolute atomic E-state index is 0.686. The first kappa shape index (κ1) is 16.8. The summed E-state index contributed by atoms with van der Waals surface area (Å²) in [6.07, 6.45) is 0. The minimum Gasteiger partial charge on any atom is -0.208 e. The van der Waals surface area contributed by atoms with Crippen LogP contribution in [0.25, 0.3) is 34.2 Å². The molecule has 3 aromatic carbocycles. The highest BCUT2D eigenvalue weighted by atomic mass is 127. The standard InChI is InChI=1S/C22H16IN3/c1-15-12-18(14-19(23)13-15)22-25-20(16-8-4-2-5-9-16)24-21(26-22)17-10-6-3-7-11-17/h2-14H,1H3. The molecule has 0 atom stereocenters. The lowest BCUT2D eigenvalue weighted by Gasteiger charge is -2.09. The summed E-state index contributed by atoms with van der Waals surface area (Å²) in [5.74, 6) is 2.07. The molecule has 0 aliphatic heterocycles. The number of hydrogen-bond donors (Lipinski definition) is 0. The highest BCUT2D eigenvalue weighted by Gasteiger charge is 2.12. The number of aromatic nitrogens is 3. The third kappa shape index (κ3) is 3.65. The van der Waals surface area contributed by atoms with E-state index in [4.69, 9.17) is 15.0 Å². The van der Waals surface area contributed by atoms with E-state index in [2.05, 4.69) is 47.7 Å². The number of nitrogens with zero attached hydrogens (tertiary/aromatic N) is 3. The Bertz CT molecular complexity index is 969. The highest BCUT2D eigenvalue weighted by Crippen LogP contribution is 2.26. The molecule has 26 heavy (non-hydrogen) atoms. The summed E-state index contributed by atoms with van der Waals surface area (Å²) in [6, 6.07) is 26.4. The SMILES string of the molecule is Cc1cc(I)cc(-c2nc(-c3ccccc3)nc(-c3ccccc3)n2)c1. The van der Waals surface area contributed by atoms with Crippen LogP contribution in [0, 0.1) is 10.5 Å². The molecule has 0 fully saturated rings. The van der Waals surface area contributed by atoms with E-state index in [-0.39, 0.29) is 0 Å². The molecule has 4 aromatic rings. The Hall–Kier alpha value is -2.60. The Balaban J connectivity index is 1.93. The molecule has 126 valence electrons. The smallest absolute Gasteiger partial charge is 0.164 e. The Morgan fingerprint density at radius 3 is 1.50 bits per heavy atom. The van der Waals surface area contributed by atoms with E-state index in [1.165, 1.54) is 9.13 Å². The average Bonchev–Trinajstić information content (AvgIpc) is 2.68. The third-order valence-electron chi connectivity index (χ3n) is 4.00. The van der Waals surface area contributed by atoms with Gasteiger partial charge in [-0.3, -0.25) is 0 Å². The van der Waals surface area contributed by atoms with Crippen LogP contribution >= 0.6 is 22.6 Å². The van der Waals surface area contributed by atoms with Crippen LogP contribution in [0.2, 0.25) is 0 Å². The fourth-order valence-corrected chi connectivity index (χ4v) is 3.63. The van der Waals surface area contributed by atoms with Crippen molar-refractivity contribution in [1.82, 2.24) is 15.0 Å². The first-order chi connectivity index (χ1) is 12.7. The molecule has 4 heteroatoms. The largest absolute Gasteiger partial charge is 0.208 e. The number of rotatable bonds is 3. The summed E-state index contributed by atoms with van der Waals surface area (Å²) in [5, 5.41) is 0. The number of benzene rings is 3. The van der Waals surface area contributed by atoms with Gasteiger partial charge < -0.3 is 0 Å². The van der Waals surface area contributed by atoms with Crippen molar-refractivity contribution in [3.05, 3.63) is 88.0 Å². The third-order valence-corrected chi connectivity index (χ3v) is 4.62. The topological polar surface area (TPSA) is 38.7 Å². The molecule has 0 amide bonds. The summed E-state index contributed by atoms with van der Waals surface area (Å²) in [7, 11) is 0. The molecular formula is C22H16IN3. The molecule has 0 saturated carbocycles. The second-order valence-corrected chi connectivity index (χ2v) is 7.30. The molecule has 0 unspecified atom stereocenters. The maximum absolute atomic E-state index is 4.76. The first-order valence-corrected chi connectivity index (χ1v) is 9.41. The second kappa shape index (κ2) is 7.33. The lowest BCUT2D eigenvalue weighted by atomic mass is 10.1. The summed E-state index contributed by atoms with van der Waals surface area (Å²) < 4.78 is 1.17. The monoisotopic (exact) mass is 449 g/mol. The quantitative estimate of drug-likeness (QED) is 0.372. The van der Waals surface area contributed by atoms with Crippen molar-refractivity contribution in [3.63, 3.8) is 0 Å². The van der Waals surface area contributed by atoms with Crippen molar-refractivity contribution in [3.8, 4) is 34.2 Å². The molecule has 0 spiro atoms. The number of halogens is 1.